The highest BCUT2D eigenvalue weighted by atomic mass is 16.5. The van der Waals surface area contributed by atoms with Crippen LogP contribution < -0.4 is 5.32 Å². The maximum Gasteiger partial charge on any atom is 0.231 e. The molecule has 0 aromatic heterocycles. The van der Waals surface area contributed by atoms with Crippen LogP contribution in [0.1, 0.15) is 30.9 Å². The number of hydrogen-bond acceptors (Lipinski definition) is 3. The standard InChI is InChI=1S/C16H22N2O2/c1-11-9-18(10-12(2)20-11)16(19)15-8-17-7-13-5-3-4-6-14(13)15/h3-6,11-12,15,17H,7-10H2,1-2H3/t11-,12+,15?. The summed E-state index contributed by atoms with van der Waals surface area (Å²) in [5, 5.41) is 3.35. The van der Waals surface area contributed by atoms with Gasteiger partial charge in [0.15, 0.2) is 0 Å². The zero-order valence-corrected chi connectivity index (χ0v) is 12.1. The van der Waals surface area contributed by atoms with Crippen LogP contribution in [-0.4, -0.2) is 42.6 Å². The first-order valence-corrected chi connectivity index (χ1v) is 7.38. The number of nitrogens with zero attached hydrogens (tertiary/aromatic N) is 1. The Bertz CT molecular complexity index is 493. The van der Waals surface area contributed by atoms with E-state index in [0.717, 1.165) is 13.1 Å². The second-order valence-corrected chi connectivity index (χ2v) is 5.88. The number of ether oxygens (including phenoxy) is 1. The van der Waals surface area contributed by atoms with Crippen LogP contribution in [-0.2, 0) is 16.1 Å². The largest absolute Gasteiger partial charge is 0.372 e. The Morgan fingerprint density at radius 1 is 1.25 bits per heavy atom. The smallest absolute Gasteiger partial charge is 0.231 e. The van der Waals surface area contributed by atoms with E-state index in [1.165, 1.54) is 11.1 Å². The normalized spacial score (nSPS) is 29.9. The Kier molecular flexibility index (Phi) is 3.76. The van der Waals surface area contributed by atoms with Gasteiger partial charge in [-0.15, -0.1) is 0 Å². The van der Waals surface area contributed by atoms with E-state index in [4.69, 9.17) is 4.74 Å². The summed E-state index contributed by atoms with van der Waals surface area (Å²) in [4.78, 5) is 14.8. The molecule has 0 bridgehead atoms. The van der Waals surface area contributed by atoms with Crippen LogP contribution in [0.2, 0.25) is 0 Å². The molecule has 1 unspecified atom stereocenters. The van der Waals surface area contributed by atoms with E-state index in [2.05, 4.69) is 17.4 Å². The van der Waals surface area contributed by atoms with Gasteiger partial charge in [-0.05, 0) is 25.0 Å². The lowest BCUT2D eigenvalue weighted by molar-refractivity contribution is -0.144. The predicted octanol–water partition coefficient (Wildman–Crippen LogP) is 1.51. The molecule has 3 rings (SSSR count). The van der Waals surface area contributed by atoms with E-state index in [0.29, 0.717) is 13.1 Å². The highest BCUT2D eigenvalue weighted by Crippen LogP contribution is 2.26. The molecule has 108 valence electrons. The summed E-state index contributed by atoms with van der Waals surface area (Å²) in [5.74, 6) is 0.170. The summed E-state index contributed by atoms with van der Waals surface area (Å²) >= 11 is 0. The molecule has 1 N–H and O–H groups in total. The van der Waals surface area contributed by atoms with E-state index in [9.17, 15) is 4.79 Å². The molecule has 1 amide bonds. The summed E-state index contributed by atoms with van der Waals surface area (Å²) in [6.45, 7) is 7.04. The Morgan fingerprint density at radius 3 is 2.70 bits per heavy atom. The van der Waals surface area contributed by atoms with Crippen molar-refractivity contribution in [3.05, 3.63) is 35.4 Å². The second-order valence-electron chi connectivity index (χ2n) is 5.88. The summed E-state index contributed by atoms with van der Waals surface area (Å²) in [7, 11) is 0. The molecular weight excluding hydrogens is 252 g/mol. The van der Waals surface area contributed by atoms with Crippen LogP contribution in [0, 0.1) is 0 Å². The van der Waals surface area contributed by atoms with Gasteiger partial charge in [0, 0.05) is 26.2 Å². The third kappa shape index (κ3) is 2.58. The maximum atomic E-state index is 12.8. The maximum absolute atomic E-state index is 12.8. The zero-order valence-electron chi connectivity index (χ0n) is 12.1. The average molecular weight is 274 g/mol. The van der Waals surface area contributed by atoms with Crippen molar-refractivity contribution in [1.82, 2.24) is 10.2 Å². The van der Waals surface area contributed by atoms with Crippen molar-refractivity contribution >= 4 is 5.91 Å². The van der Waals surface area contributed by atoms with Gasteiger partial charge in [-0.3, -0.25) is 4.79 Å². The Labute approximate surface area is 120 Å². The van der Waals surface area contributed by atoms with Crippen LogP contribution >= 0.6 is 0 Å². The fourth-order valence-electron chi connectivity index (χ4n) is 3.29. The van der Waals surface area contributed by atoms with Gasteiger partial charge in [-0.25, -0.2) is 0 Å². The average Bonchev–Trinajstić information content (AvgIpc) is 2.45. The van der Waals surface area contributed by atoms with E-state index in [-0.39, 0.29) is 24.0 Å². The molecule has 20 heavy (non-hydrogen) atoms. The van der Waals surface area contributed by atoms with Crippen LogP contribution in [0.4, 0.5) is 0 Å². The Balaban J connectivity index is 1.81. The number of amides is 1. The lowest BCUT2D eigenvalue weighted by Crippen LogP contribution is -2.51. The molecule has 0 saturated carbocycles. The SMILES string of the molecule is C[C@@H]1CN(C(=O)C2CNCc3ccccc32)C[C@H](C)O1. The number of carbonyl (C=O) groups is 1. The second kappa shape index (κ2) is 5.54. The number of rotatable bonds is 1. The van der Waals surface area contributed by atoms with Gasteiger partial charge in [-0.2, -0.15) is 0 Å². The molecule has 1 aromatic carbocycles. The molecule has 2 heterocycles. The van der Waals surface area contributed by atoms with Crippen molar-refractivity contribution in [2.24, 2.45) is 0 Å². The van der Waals surface area contributed by atoms with Gasteiger partial charge in [0.1, 0.15) is 0 Å². The summed E-state index contributed by atoms with van der Waals surface area (Å²) in [6, 6.07) is 8.25. The lowest BCUT2D eigenvalue weighted by atomic mass is 9.89. The molecular formula is C16H22N2O2. The van der Waals surface area contributed by atoms with Crippen LogP contribution in [0.15, 0.2) is 24.3 Å². The first-order chi connectivity index (χ1) is 9.65. The van der Waals surface area contributed by atoms with Crippen molar-refractivity contribution in [2.75, 3.05) is 19.6 Å². The third-order valence-corrected chi connectivity index (χ3v) is 4.12. The lowest BCUT2D eigenvalue weighted by Gasteiger charge is -2.38. The van der Waals surface area contributed by atoms with E-state index in [1.807, 2.05) is 30.9 Å². The van der Waals surface area contributed by atoms with Gasteiger partial charge in [0.25, 0.3) is 0 Å². The van der Waals surface area contributed by atoms with Crippen LogP contribution in [0.25, 0.3) is 0 Å². The number of hydrogen-bond donors (Lipinski definition) is 1. The third-order valence-electron chi connectivity index (χ3n) is 4.12. The van der Waals surface area contributed by atoms with Crippen molar-refractivity contribution in [1.29, 1.82) is 0 Å². The van der Waals surface area contributed by atoms with E-state index < -0.39 is 0 Å². The number of morpholine rings is 1. The minimum atomic E-state index is -0.0579. The van der Waals surface area contributed by atoms with Gasteiger partial charge < -0.3 is 15.0 Å². The van der Waals surface area contributed by atoms with Crippen LogP contribution in [0.5, 0.6) is 0 Å². The number of benzene rings is 1. The van der Waals surface area contributed by atoms with Crippen molar-refractivity contribution in [3.8, 4) is 0 Å². The predicted molar refractivity (Wildman–Crippen MR) is 77.5 cm³/mol. The minimum absolute atomic E-state index is 0.0579. The topological polar surface area (TPSA) is 41.6 Å². The molecule has 4 heteroatoms. The quantitative estimate of drug-likeness (QED) is 0.844. The molecule has 2 aliphatic heterocycles. The first-order valence-electron chi connectivity index (χ1n) is 7.38. The highest BCUT2D eigenvalue weighted by molar-refractivity contribution is 5.85. The van der Waals surface area contributed by atoms with Crippen LogP contribution in [0.3, 0.4) is 0 Å². The Hall–Kier alpha value is -1.39. The van der Waals surface area contributed by atoms with Gasteiger partial charge >= 0.3 is 0 Å². The van der Waals surface area contributed by atoms with Gasteiger partial charge in [0.05, 0.1) is 18.1 Å². The van der Waals surface area contributed by atoms with Gasteiger partial charge in [0.2, 0.25) is 5.91 Å². The minimum Gasteiger partial charge on any atom is -0.372 e. The highest BCUT2D eigenvalue weighted by Gasteiger charge is 2.33. The fraction of sp³-hybridized carbons (Fsp3) is 0.562. The molecule has 3 atom stereocenters. The summed E-state index contributed by atoms with van der Waals surface area (Å²) < 4.78 is 5.71. The molecule has 1 aromatic rings. The van der Waals surface area contributed by atoms with Crippen molar-refractivity contribution in [2.45, 2.75) is 38.5 Å². The number of carbonyl (C=O) groups excluding carboxylic acids is 1. The monoisotopic (exact) mass is 274 g/mol. The summed E-state index contributed by atoms with van der Waals surface area (Å²) in [5.41, 5.74) is 2.43. The molecule has 0 spiro atoms. The number of nitrogens with one attached hydrogen (secondary N) is 1. The fourth-order valence-corrected chi connectivity index (χ4v) is 3.29. The van der Waals surface area contributed by atoms with Crippen molar-refractivity contribution in [3.63, 3.8) is 0 Å². The van der Waals surface area contributed by atoms with E-state index >= 15 is 0 Å². The molecule has 1 fully saturated rings. The van der Waals surface area contributed by atoms with E-state index in [1.54, 1.807) is 0 Å². The molecule has 0 radical (unpaired) electrons. The molecule has 2 aliphatic rings. The molecule has 0 aliphatic carbocycles. The Morgan fingerprint density at radius 2 is 1.95 bits per heavy atom. The first kappa shape index (κ1) is 13.6. The summed E-state index contributed by atoms with van der Waals surface area (Å²) in [6.07, 6.45) is 0.240. The van der Waals surface area contributed by atoms with Crippen molar-refractivity contribution < 1.29 is 9.53 Å². The molecule has 4 nitrogen and oxygen atoms in total. The van der Waals surface area contributed by atoms with Gasteiger partial charge in [-0.1, -0.05) is 24.3 Å². The molecule has 1 saturated heterocycles. The zero-order chi connectivity index (χ0) is 14.1. The number of fused-ring (bicyclic) bond motifs is 1.